The van der Waals surface area contributed by atoms with Crippen LogP contribution in [0.1, 0.15) is 18.7 Å². The molecule has 186 valence electrons. The fourth-order valence-electron chi connectivity index (χ4n) is 2.97. The molecule has 2 N–H and O–H groups in total. The normalized spacial score (nSPS) is 13.3. The maximum atomic E-state index is 13.3. The number of sulfone groups is 1. The molecule has 0 spiro atoms. The number of thiophene rings is 1. The summed E-state index contributed by atoms with van der Waals surface area (Å²) in [6.07, 6.45) is -2.82. The summed E-state index contributed by atoms with van der Waals surface area (Å²) in [7, 11) is -3.42. The highest BCUT2D eigenvalue weighted by Crippen LogP contribution is 2.33. The van der Waals surface area contributed by atoms with Gasteiger partial charge < -0.3 is 10.5 Å². The molecule has 0 aliphatic rings. The van der Waals surface area contributed by atoms with Crippen LogP contribution in [0.2, 0.25) is 0 Å². The van der Waals surface area contributed by atoms with E-state index >= 15 is 0 Å². The average Bonchev–Trinajstić information content (AvgIpc) is 3.27. The van der Waals surface area contributed by atoms with Gasteiger partial charge in [0.1, 0.15) is 17.1 Å². The zero-order valence-corrected chi connectivity index (χ0v) is 21.0. The van der Waals surface area contributed by atoms with Gasteiger partial charge in [0.05, 0.1) is 22.1 Å². The topological polar surface area (TPSA) is 81.8 Å². The van der Waals surface area contributed by atoms with Crippen LogP contribution in [0.15, 0.2) is 81.6 Å². The van der Waals surface area contributed by atoms with E-state index in [1.165, 1.54) is 23.5 Å². The molecular formula is C25H25F3N2O3S2. The fourth-order valence-corrected chi connectivity index (χ4v) is 4.52. The highest BCUT2D eigenvalue weighted by atomic mass is 32.2. The van der Waals surface area contributed by atoms with Crippen molar-refractivity contribution in [3.63, 3.8) is 0 Å². The van der Waals surface area contributed by atoms with Crippen LogP contribution < -0.4 is 10.5 Å². The Balaban J connectivity index is 2.09. The summed E-state index contributed by atoms with van der Waals surface area (Å²) in [6.45, 7) is 4.38. The van der Waals surface area contributed by atoms with Crippen LogP contribution in [0.4, 0.5) is 18.9 Å². The smallest absolute Gasteiger partial charge is 0.430 e. The SMILES string of the molecule is CC(C)COc1ccccc1N=C(C=C(N)C(F)(F)F)c1cc(-c2cccc(S(C)(=O)=O)c2)cs1. The number of nitrogens with two attached hydrogens (primary N) is 1. The van der Waals surface area contributed by atoms with E-state index < -0.39 is 21.7 Å². The molecule has 10 heteroatoms. The van der Waals surface area contributed by atoms with E-state index in [0.717, 1.165) is 12.3 Å². The molecule has 0 fully saturated rings. The lowest BCUT2D eigenvalue weighted by Crippen LogP contribution is -2.20. The second kappa shape index (κ2) is 10.7. The molecule has 0 amide bonds. The Morgan fingerprint density at radius 2 is 1.83 bits per heavy atom. The molecule has 3 rings (SSSR count). The van der Waals surface area contributed by atoms with E-state index in [1.807, 2.05) is 13.8 Å². The van der Waals surface area contributed by atoms with Crippen molar-refractivity contribution >= 4 is 32.6 Å². The van der Waals surface area contributed by atoms with E-state index in [-0.39, 0.29) is 16.5 Å². The van der Waals surface area contributed by atoms with Crippen LogP contribution >= 0.6 is 11.3 Å². The lowest BCUT2D eigenvalue weighted by molar-refractivity contribution is -0.0925. The number of halogens is 3. The molecule has 2 aromatic carbocycles. The zero-order chi connectivity index (χ0) is 25.8. The Hall–Kier alpha value is -3.11. The van der Waals surface area contributed by atoms with E-state index in [2.05, 4.69) is 4.99 Å². The van der Waals surface area contributed by atoms with Crippen molar-refractivity contribution in [1.82, 2.24) is 0 Å². The van der Waals surface area contributed by atoms with Crippen molar-refractivity contribution in [2.24, 2.45) is 16.6 Å². The summed E-state index contributed by atoms with van der Waals surface area (Å²) in [6, 6.07) is 14.8. The van der Waals surface area contributed by atoms with Gasteiger partial charge in [-0.15, -0.1) is 11.3 Å². The van der Waals surface area contributed by atoms with Gasteiger partial charge in [-0.3, -0.25) is 0 Å². The van der Waals surface area contributed by atoms with E-state index in [4.69, 9.17) is 10.5 Å². The number of allylic oxidation sites excluding steroid dienone is 2. The standard InChI is InChI=1S/C25H25F3N2O3S2/c1-16(2)14-33-22-10-5-4-9-20(22)30-21(13-24(29)25(26,27)28)23-12-18(15-34-23)17-7-6-8-19(11-17)35(3,31)32/h4-13,15-16H,14,29H2,1-3H3. The first kappa shape index (κ1) is 26.5. The summed E-state index contributed by atoms with van der Waals surface area (Å²) in [5, 5.41) is 1.73. The average molecular weight is 523 g/mol. The number of aliphatic imine (C=N–C) groups is 1. The number of alkyl halides is 3. The van der Waals surface area contributed by atoms with Gasteiger partial charge in [0.25, 0.3) is 0 Å². The van der Waals surface area contributed by atoms with Crippen molar-refractivity contribution in [2.75, 3.05) is 12.9 Å². The molecule has 1 aromatic heterocycles. The molecule has 3 aromatic rings. The van der Waals surface area contributed by atoms with Gasteiger partial charge in [-0.2, -0.15) is 13.2 Å². The van der Waals surface area contributed by atoms with Crippen molar-refractivity contribution in [3.8, 4) is 16.9 Å². The number of benzene rings is 2. The van der Waals surface area contributed by atoms with Crippen LogP contribution in [-0.4, -0.2) is 33.2 Å². The molecule has 5 nitrogen and oxygen atoms in total. The lowest BCUT2D eigenvalue weighted by Gasteiger charge is -2.12. The number of hydrogen-bond donors (Lipinski definition) is 1. The maximum Gasteiger partial charge on any atom is 0.430 e. The third-order valence-electron chi connectivity index (χ3n) is 4.75. The van der Waals surface area contributed by atoms with E-state index in [1.54, 1.807) is 47.8 Å². The minimum Gasteiger partial charge on any atom is -0.491 e. The number of para-hydroxylation sites is 2. The molecule has 0 saturated heterocycles. The summed E-state index contributed by atoms with van der Waals surface area (Å²) >= 11 is 1.17. The van der Waals surface area contributed by atoms with Gasteiger partial charge >= 0.3 is 6.18 Å². The van der Waals surface area contributed by atoms with E-state index in [0.29, 0.717) is 34.0 Å². The van der Waals surface area contributed by atoms with Crippen molar-refractivity contribution in [1.29, 1.82) is 0 Å². The highest BCUT2D eigenvalue weighted by Gasteiger charge is 2.32. The minimum absolute atomic E-state index is 0.0101. The first-order valence-corrected chi connectivity index (χ1v) is 13.4. The number of nitrogens with zero attached hydrogens (tertiary/aromatic N) is 1. The monoisotopic (exact) mass is 522 g/mol. The largest absolute Gasteiger partial charge is 0.491 e. The number of ether oxygens (including phenoxy) is 1. The van der Waals surface area contributed by atoms with Crippen LogP contribution in [0, 0.1) is 5.92 Å². The molecular weight excluding hydrogens is 497 g/mol. The molecule has 0 bridgehead atoms. The van der Waals surface area contributed by atoms with Gasteiger partial charge in [0, 0.05) is 6.26 Å². The molecule has 0 aliphatic heterocycles. The zero-order valence-electron chi connectivity index (χ0n) is 19.3. The van der Waals surface area contributed by atoms with Crippen molar-refractivity contribution in [2.45, 2.75) is 24.9 Å². The molecule has 0 unspecified atom stereocenters. The van der Waals surface area contributed by atoms with Crippen LogP contribution in [0.5, 0.6) is 5.75 Å². The summed E-state index contributed by atoms with van der Waals surface area (Å²) in [4.78, 5) is 5.05. The predicted octanol–water partition coefficient (Wildman–Crippen LogP) is 6.38. The van der Waals surface area contributed by atoms with Gasteiger partial charge in [-0.05, 0) is 58.8 Å². The summed E-state index contributed by atoms with van der Waals surface area (Å²) in [5.74, 6) is 0.685. The fraction of sp³-hybridized carbons (Fsp3) is 0.240. The van der Waals surface area contributed by atoms with Gasteiger partial charge in [0.15, 0.2) is 9.84 Å². The van der Waals surface area contributed by atoms with Crippen LogP contribution in [-0.2, 0) is 9.84 Å². The van der Waals surface area contributed by atoms with Crippen LogP contribution in [0.25, 0.3) is 11.1 Å². The van der Waals surface area contributed by atoms with Gasteiger partial charge in [-0.1, -0.05) is 38.1 Å². The van der Waals surface area contributed by atoms with Crippen LogP contribution in [0.3, 0.4) is 0 Å². The van der Waals surface area contributed by atoms with Gasteiger partial charge in [-0.25, -0.2) is 13.4 Å². The van der Waals surface area contributed by atoms with Gasteiger partial charge in [0.2, 0.25) is 0 Å². The Morgan fingerprint density at radius 1 is 1.11 bits per heavy atom. The lowest BCUT2D eigenvalue weighted by atomic mass is 10.1. The first-order chi connectivity index (χ1) is 16.3. The first-order valence-electron chi connectivity index (χ1n) is 10.6. The molecule has 0 radical (unpaired) electrons. The minimum atomic E-state index is -4.72. The molecule has 1 heterocycles. The summed E-state index contributed by atoms with van der Waals surface area (Å²) in [5.41, 5.74) is 5.67. The maximum absolute atomic E-state index is 13.3. The predicted molar refractivity (Wildman–Crippen MR) is 134 cm³/mol. The Morgan fingerprint density at radius 3 is 2.49 bits per heavy atom. The second-order valence-corrected chi connectivity index (χ2v) is 11.2. The molecule has 0 atom stereocenters. The third-order valence-corrected chi connectivity index (χ3v) is 6.81. The third kappa shape index (κ3) is 7.19. The summed E-state index contributed by atoms with van der Waals surface area (Å²) < 4.78 is 69.4. The second-order valence-electron chi connectivity index (χ2n) is 8.27. The Kier molecular flexibility index (Phi) is 8.07. The Bertz CT molecular complexity index is 1360. The van der Waals surface area contributed by atoms with Crippen molar-refractivity contribution < 1.29 is 26.3 Å². The number of rotatable bonds is 8. The molecule has 35 heavy (non-hydrogen) atoms. The quantitative estimate of drug-likeness (QED) is 0.348. The number of hydrogen-bond acceptors (Lipinski definition) is 6. The van der Waals surface area contributed by atoms with E-state index in [9.17, 15) is 21.6 Å². The Labute approximate surface area is 206 Å². The molecule has 0 aliphatic carbocycles. The highest BCUT2D eigenvalue weighted by molar-refractivity contribution is 7.90. The molecule has 0 saturated carbocycles. The van der Waals surface area contributed by atoms with Crippen molar-refractivity contribution in [3.05, 3.63) is 76.6 Å².